The number of carbonyl (C=O) groups excluding carboxylic acids is 1. The number of nitrogens with one attached hydrogen (secondary N) is 1. The average molecular weight is 393 g/mol. The molecule has 0 saturated heterocycles. The Bertz CT molecular complexity index is 1070. The largest absolute Gasteiger partial charge is 0.350 e. The molecule has 0 bridgehead atoms. The number of carbonyl (C=O) groups is 1. The van der Waals surface area contributed by atoms with Crippen molar-refractivity contribution < 1.29 is 4.79 Å². The monoisotopic (exact) mass is 392 g/mol. The summed E-state index contributed by atoms with van der Waals surface area (Å²) in [5.74, 6) is -0.330. The fourth-order valence-corrected chi connectivity index (χ4v) is 3.41. The molecule has 2 heterocycles. The first-order valence-electron chi connectivity index (χ1n) is 7.99. The molecular formula is C17H17ClN4O3S. The Kier molecular flexibility index (Phi) is 5.24. The van der Waals surface area contributed by atoms with E-state index >= 15 is 0 Å². The maximum absolute atomic E-state index is 12.7. The zero-order chi connectivity index (χ0) is 18.8. The standard InChI is InChI=1S/C17H17ClN4O3S/c1-10(2)22-16(24)15-13(9-26-20-15)21(17(22)25)8-14(23)19-7-11-3-5-12(18)6-4-11/h3-6,9-10H,7-8H2,1-2H3,(H,19,23). The van der Waals surface area contributed by atoms with Gasteiger partial charge in [-0.05, 0) is 43.1 Å². The molecule has 0 saturated carbocycles. The Balaban J connectivity index is 1.87. The zero-order valence-corrected chi connectivity index (χ0v) is 15.8. The maximum atomic E-state index is 12.7. The Morgan fingerprint density at radius 1 is 1.27 bits per heavy atom. The van der Waals surface area contributed by atoms with Gasteiger partial charge in [-0.3, -0.25) is 18.7 Å². The molecule has 7 nitrogen and oxygen atoms in total. The summed E-state index contributed by atoms with van der Waals surface area (Å²) in [6.45, 7) is 3.62. The van der Waals surface area contributed by atoms with Crippen LogP contribution in [-0.4, -0.2) is 19.4 Å². The van der Waals surface area contributed by atoms with Gasteiger partial charge in [0.1, 0.15) is 6.54 Å². The van der Waals surface area contributed by atoms with Crippen LogP contribution in [0.25, 0.3) is 11.0 Å². The first-order valence-corrected chi connectivity index (χ1v) is 9.20. The van der Waals surface area contributed by atoms with Crippen molar-refractivity contribution in [1.82, 2.24) is 18.8 Å². The van der Waals surface area contributed by atoms with Gasteiger partial charge in [-0.2, -0.15) is 4.37 Å². The Hall–Kier alpha value is -2.45. The summed E-state index contributed by atoms with van der Waals surface area (Å²) >= 11 is 6.92. The van der Waals surface area contributed by atoms with E-state index < -0.39 is 11.2 Å². The summed E-state index contributed by atoms with van der Waals surface area (Å²) in [6, 6.07) is 6.78. The molecule has 1 N–H and O–H groups in total. The van der Waals surface area contributed by atoms with Gasteiger partial charge in [-0.1, -0.05) is 23.7 Å². The molecule has 0 aliphatic carbocycles. The molecule has 26 heavy (non-hydrogen) atoms. The van der Waals surface area contributed by atoms with E-state index in [1.54, 1.807) is 31.4 Å². The summed E-state index contributed by atoms with van der Waals surface area (Å²) < 4.78 is 6.49. The van der Waals surface area contributed by atoms with Gasteiger partial charge in [0.2, 0.25) is 5.91 Å². The predicted molar refractivity (Wildman–Crippen MR) is 102 cm³/mol. The van der Waals surface area contributed by atoms with Crippen molar-refractivity contribution in [2.45, 2.75) is 33.0 Å². The molecule has 136 valence electrons. The Morgan fingerprint density at radius 2 is 1.96 bits per heavy atom. The van der Waals surface area contributed by atoms with E-state index in [9.17, 15) is 14.4 Å². The zero-order valence-electron chi connectivity index (χ0n) is 14.2. The minimum atomic E-state index is -0.514. The molecule has 1 amide bonds. The van der Waals surface area contributed by atoms with Crippen molar-refractivity contribution >= 4 is 40.1 Å². The van der Waals surface area contributed by atoms with Gasteiger partial charge in [-0.15, -0.1) is 0 Å². The second kappa shape index (κ2) is 7.43. The van der Waals surface area contributed by atoms with Gasteiger partial charge < -0.3 is 5.32 Å². The highest BCUT2D eigenvalue weighted by molar-refractivity contribution is 7.04. The number of nitrogens with zero attached hydrogens (tertiary/aromatic N) is 3. The highest BCUT2D eigenvalue weighted by atomic mass is 35.5. The van der Waals surface area contributed by atoms with Crippen LogP contribution in [0.3, 0.4) is 0 Å². The molecule has 0 unspecified atom stereocenters. The van der Waals surface area contributed by atoms with Crippen LogP contribution in [0.2, 0.25) is 5.02 Å². The van der Waals surface area contributed by atoms with Gasteiger partial charge >= 0.3 is 5.69 Å². The number of amides is 1. The molecular weight excluding hydrogens is 376 g/mol. The highest BCUT2D eigenvalue weighted by Crippen LogP contribution is 2.11. The van der Waals surface area contributed by atoms with Gasteiger partial charge in [-0.25, -0.2) is 4.79 Å². The van der Waals surface area contributed by atoms with E-state index in [4.69, 9.17) is 11.6 Å². The van der Waals surface area contributed by atoms with Gasteiger partial charge in [0.25, 0.3) is 5.56 Å². The highest BCUT2D eigenvalue weighted by Gasteiger charge is 2.18. The summed E-state index contributed by atoms with van der Waals surface area (Å²) in [4.78, 5) is 37.4. The lowest BCUT2D eigenvalue weighted by Crippen LogP contribution is -2.43. The van der Waals surface area contributed by atoms with Gasteiger partial charge in [0.15, 0.2) is 5.52 Å². The van der Waals surface area contributed by atoms with Crippen molar-refractivity contribution in [2.75, 3.05) is 0 Å². The second-order valence-corrected chi connectivity index (χ2v) is 7.15. The number of rotatable bonds is 5. The van der Waals surface area contributed by atoms with Crippen LogP contribution in [0, 0.1) is 0 Å². The lowest BCUT2D eigenvalue weighted by Gasteiger charge is -2.14. The molecule has 3 rings (SSSR count). The van der Waals surface area contributed by atoms with Crippen molar-refractivity contribution in [3.63, 3.8) is 0 Å². The van der Waals surface area contributed by atoms with E-state index in [0.717, 1.165) is 21.7 Å². The van der Waals surface area contributed by atoms with Crippen molar-refractivity contribution in [3.05, 3.63) is 61.1 Å². The molecule has 0 spiro atoms. The smallest absolute Gasteiger partial charge is 0.332 e. The first-order chi connectivity index (χ1) is 12.4. The fourth-order valence-electron chi connectivity index (χ4n) is 2.62. The lowest BCUT2D eigenvalue weighted by molar-refractivity contribution is -0.121. The van der Waals surface area contributed by atoms with Crippen molar-refractivity contribution in [2.24, 2.45) is 0 Å². The summed E-state index contributed by atoms with van der Waals surface area (Å²) in [7, 11) is 0. The number of hydrogen-bond donors (Lipinski definition) is 1. The van der Waals surface area contributed by atoms with E-state index in [-0.39, 0.29) is 24.0 Å². The number of benzene rings is 1. The van der Waals surface area contributed by atoms with E-state index in [1.807, 2.05) is 12.1 Å². The third-order valence-corrected chi connectivity index (χ3v) is 4.79. The van der Waals surface area contributed by atoms with Crippen LogP contribution in [-0.2, 0) is 17.9 Å². The second-order valence-electron chi connectivity index (χ2n) is 6.09. The van der Waals surface area contributed by atoms with E-state index in [2.05, 4.69) is 9.69 Å². The molecule has 3 aromatic rings. The minimum absolute atomic E-state index is 0.186. The summed E-state index contributed by atoms with van der Waals surface area (Å²) in [5.41, 5.74) is 0.528. The Labute approximate surface area is 158 Å². The van der Waals surface area contributed by atoms with E-state index in [1.165, 1.54) is 4.57 Å². The quantitative estimate of drug-likeness (QED) is 0.721. The minimum Gasteiger partial charge on any atom is -0.350 e. The molecule has 0 aliphatic rings. The van der Waals surface area contributed by atoms with Crippen LogP contribution >= 0.6 is 23.1 Å². The van der Waals surface area contributed by atoms with Crippen LogP contribution in [0.15, 0.2) is 39.2 Å². The van der Waals surface area contributed by atoms with Crippen LogP contribution in [0.1, 0.15) is 25.5 Å². The lowest BCUT2D eigenvalue weighted by atomic mass is 10.2. The topological polar surface area (TPSA) is 86.0 Å². The van der Waals surface area contributed by atoms with Crippen molar-refractivity contribution in [3.8, 4) is 0 Å². The molecule has 0 atom stereocenters. The first kappa shape index (κ1) is 18.3. The number of aromatic nitrogens is 3. The number of halogens is 1. The summed E-state index contributed by atoms with van der Waals surface area (Å²) in [5, 5.41) is 4.99. The SMILES string of the molecule is CC(C)n1c(=O)c2nscc2n(CC(=O)NCc2ccc(Cl)cc2)c1=O. The normalized spacial score (nSPS) is 11.2. The third-order valence-electron chi connectivity index (χ3n) is 3.92. The molecule has 9 heteroatoms. The molecule has 2 aromatic heterocycles. The maximum Gasteiger partial charge on any atom is 0.332 e. The summed E-state index contributed by atoms with van der Waals surface area (Å²) in [6.07, 6.45) is 0. The van der Waals surface area contributed by atoms with E-state index in [0.29, 0.717) is 17.1 Å². The molecule has 0 radical (unpaired) electrons. The number of hydrogen-bond acceptors (Lipinski definition) is 5. The Morgan fingerprint density at radius 3 is 2.62 bits per heavy atom. The van der Waals surface area contributed by atoms with Crippen LogP contribution in [0.4, 0.5) is 0 Å². The average Bonchev–Trinajstić information content (AvgIpc) is 3.08. The van der Waals surface area contributed by atoms with Gasteiger partial charge in [0, 0.05) is 23.0 Å². The number of fused-ring (bicyclic) bond motifs is 1. The van der Waals surface area contributed by atoms with Crippen molar-refractivity contribution in [1.29, 1.82) is 0 Å². The van der Waals surface area contributed by atoms with Crippen LogP contribution < -0.4 is 16.6 Å². The molecule has 1 aromatic carbocycles. The molecule has 0 fully saturated rings. The van der Waals surface area contributed by atoms with Gasteiger partial charge in [0.05, 0.1) is 5.52 Å². The van der Waals surface area contributed by atoms with Crippen LogP contribution in [0.5, 0.6) is 0 Å². The fraction of sp³-hybridized carbons (Fsp3) is 0.294. The predicted octanol–water partition coefficient (Wildman–Crippen LogP) is 2.17. The molecule has 0 aliphatic heterocycles. The third kappa shape index (κ3) is 3.56.